The van der Waals surface area contributed by atoms with Gasteiger partial charge in [0.05, 0.1) is 6.26 Å². The lowest BCUT2D eigenvalue weighted by Gasteiger charge is -2.12. The monoisotopic (exact) mass is 292 g/mol. The van der Waals surface area contributed by atoms with E-state index in [1.54, 1.807) is 7.05 Å². The van der Waals surface area contributed by atoms with E-state index in [0.29, 0.717) is 19.0 Å². The van der Waals surface area contributed by atoms with Crippen molar-refractivity contribution in [2.24, 2.45) is 10.9 Å². The third-order valence-electron chi connectivity index (χ3n) is 2.51. The number of nitrogens with one attached hydrogen (secondary N) is 3. The molecule has 0 amide bonds. The van der Waals surface area contributed by atoms with Gasteiger partial charge in [0.1, 0.15) is 0 Å². The van der Waals surface area contributed by atoms with Crippen LogP contribution < -0.4 is 15.4 Å². The number of hydrogen-bond acceptors (Lipinski definition) is 3. The number of sulfonamides is 1. The van der Waals surface area contributed by atoms with E-state index in [1.807, 2.05) is 0 Å². The molecule has 0 heterocycles. The number of rotatable bonds is 9. The van der Waals surface area contributed by atoms with Crippen molar-refractivity contribution in [2.45, 2.75) is 33.1 Å². The molecule has 0 atom stereocenters. The van der Waals surface area contributed by atoms with Crippen molar-refractivity contribution in [2.75, 3.05) is 32.9 Å². The van der Waals surface area contributed by atoms with Crippen LogP contribution in [0.5, 0.6) is 0 Å². The predicted octanol–water partition coefficient (Wildman–Crippen LogP) is 0.527. The van der Waals surface area contributed by atoms with E-state index in [4.69, 9.17) is 0 Å². The Hall–Kier alpha value is -0.820. The average molecular weight is 292 g/mol. The van der Waals surface area contributed by atoms with Crippen molar-refractivity contribution in [3.05, 3.63) is 0 Å². The van der Waals surface area contributed by atoms with Gasteiger partial charge in [0.25, 0.3) is 0 Å². The van der Waals surface area contributed by atoms with Crippen LogP contribution in [0.2, 0.25) is 0 Å². The Labute approximate surface area is 117 Å². The molecule has 7 heteroatoms. The molecule has 0 aromatic rings. The molecule has 0 spiro atoms. The molecule has 0 radical (unpaired) electrons. The fourth-order valence-electron chi connectivity index (χ4n) is 1.52. The van der Waals surface area contributed by atoms with Gasteiger partial charge in [0.15, 0.2) is 5.96 Å². The Kier molecular flexibility index (Phi) is 9.59. The zero-order valence-electron chi connectivity index (χ0n) is 12.5. The Morgan fingerprint density at radius 1 is 1.11 bits per heavy atom. The molecule has 0 bridgehead atoms. The lowest BCUT2D eigenvalue weighted by molar-refractivity contribution is 0.534. The van der Waals surface area contributed by atoms with Gasteiger partial charge in [-0.05, 0) is 12.3 Å². The minimum absolute atomic E-state index is 0.354. The van der Waals surface area contributed by atoms with Gasteiger partial charge in [-0.3, -0.25) is 4.99 Å². The van der Waals surface area contributed by atoms with E-state index >= 15 is 0 Å². The molecule has 0 fully saturated rings. The summed E-state index contributed by atoms with van der Waals surface area (Å²) >= 11 is 0. The summed E-state index contributed by atoms with van der Waals surface area (Å²) in [4.78, 5) is 4.07. The first-order valence-corrected chi connectivity index (χ1v) is 8.63. The summed E-state index contributed by atoms with van der Waals surface area (Å²) in [5.74, 6) is 1.46. The SMILES string of the molecule is CN=C(NCCCCC(C)C)NCCNS(C)(=O)=O. The highest BCUT2D eigenvalue weighted by atomic mass is 32.2. The van der Waals surface area contributed by atoms with E-state index in [0.717, 1.165) is 25.1 Å². The summed E-state index contributed by atoms with van der Waals surface area (Å²) < 4.78 is 24.1. The Bertz CT molecular complexity index is 353. The molecule has 0 saturated carbocycles. The van der Waals surface area contributed by atoms with Crippen molar-refractivity contribution in [3.8, 4) is 0 Å². The minimum Gasteiger partial charge on any atom is -0.356 e. The minimum atomic E-state index is -3.11. The van der Waals surface area contributed by atoms with Crippen LogP contribution in [0, 0.1) is 5.92 Å². The predicted molar refractivity (Wildman–Crippen MR) is 80.9 cm³/mol. The molecule has 0 aromatic carbocycles. The molecule has 19 heavy (non-hydrogen) atoms. The Morgan fingerprint density at radius 3 is 2.26 bits per heavy atom. The third-order valence-corrected chi connectivity index (χ3v) is 3.23. The summed E-state index contributed by atoms with van der Waals surface area (Å²) in [6.07, 6.45) is 4.71. The summed E-state index contributed by atoms with van der Waals surface area (Å²) in [5, 5.41) is 6.26. The second-order valence-electron chi connectivity index (χ2n) is 4.98. The zero-order chi connectivity index (χ0) is 14.7. The highest BCUT2D eigenvalue weighted by Gasteiger charge is 2.00. The molecule has 114 valence electrons. The smallest absolute Gasteiger partial charge is 0.208 e. The molecule has 0 saturated heterocycles. The van der Waals surface area contributed by atoms with Gasteiger partial charge in [-0.1, -0.05) is 26.7 Å². The van der Waals surface area contributed by atoms with Crippen LogP contribution in [0.4, 0.5) is 0 Å². The maximum absolute atomic E-state index is 10.9. The second-order valence-corrected chi connectivity index (χ2v) is 6.81. The first-order valence-electron chi connectivity index (χ1n) is 6.74. The molecule has 0 rings (SSSR count). The normalized spacial score (nSPS) is 12.8. The van der Waals surface area contributed by atoms with Gasteiger partial charge in [-0.25, -0.2) is 13.1 Å². The van der Waals surface area contributed by atoms with Gasteiger partial charge in [0, 0.05) is 26.7 Å². The number of guanidine groups is 1. The zero-order valence-corrected chi connectivity index (χ0v) is 13.3. The fraction of sp³-hybridized carbons (Fsp3) is 0.917. The maximum Gasteiger partial charge on any atom is 0.208 e. The van der Waals surface area contributed by atoms with E-state index in [9.17, 15) is 8.42 Å². The summed E-state index contributed by atoms with van der Waals surface area (Å²) in [5.41, 5.74) is 0. The van der Waals surface area contributed by atoms with Gasteiger partial charge >= 0.3 is 0 Å². The summed E-state index contributed by atoms with van der Waals surface area (Å²) in [6.45, 7) is 6.20. The van der Waals surface area contributed by atoms with Gasteiger partial charge in [-0.2, -0.15) is 0 Å². The molecule has 0 aliphatic carbocycles. The second kappa shape index (κ2) is 10.0. The van der Waals surface area contributed by atoms with Crippen LogP contribution in [0.3, 0.4) is 0 Å². The lowest BCUT2D eigenvalue weighted by Crippen LogP contribution is -2.41. The number of unbranched alkanes of at least 4 members (excludes halogenated alkanes) is 1. The van der Waals surface area contributed by atoms with Crippen molar-refractivity contribution in [1.82, 2.24) is 15.4 Å². The Morgan fingerprint density at radius 2 is 1.74 bits per heavy atom. The molecule has 0 aromatic heterocycles. The first kappa shape index (κ1) is 18.2. The van der Waals surface area contributed by atoms with E-state index < -0.39 is 10.0 Å². The van der Waals surface area contributed by atoms with Gasteiger partial charge in [-0.15, -0.1) is 0 Å². The molecule has 0 aliphatic heterocycles. The number of aliphatic imine (C=N–C) groups is 1. The van der Waals surface area contributed by atoms with Crippen LogP contribution >= 0.6 is 0 Å². The standard InChI is InChI=1S/C12H28N4O2S/c1-11(2)7-5-6-8-14-12(13-3)15-9-10-16-19(4,17)18/h11,16H,5-10H2,1-4H3,(H2,13,14,15). The van der Waals surface area contributed by atoms with E-state index in [-0.39, 0.29) is 0 Å². The van der Waals surface area contributed by atoms with Gasteiger partial charge < -0.3 is 10.6 Å². The van der Waals surface area contributed by atoms with Crippen LogP contribution in [-0.2, 0) is 10.0 Å². The molecular weight excluding hydrogens is 264 g/mol. The quantitative estimate of drug-likeness (QED) is 0.329. The Balaban J connectivity index is 3.62. The summed E-state index contributed by atoms with van der Waals surface area (Å²) in [7, 11) is -1.41. The summed E-state index contributed by atoms with van der Waals surface area (Å²) in [6, 6.07) is 0. The third kappa shape index (κ3) is 13.4. The largest absolute Gasteiger partial charge is 0.356 e. The van der Waals surface area contributed by atoms with E-state index in [1.165, 1.54) is 12.8 Å². The molecular formula is C12H28N4O2S. The average Bonchev–Trinajstić information content (AvgIpc) is 2.29. The van der Waals surface area contributed by atoms with Gasteiger partial charge in [0.2, 0.25) is 10.0 Å². The van der Waals surface area contributed by atoms with Crippen molar-refractivity contribution in [3.63, 3.8) is 0 Å². The lowest BCUT2D eigenvalue weighted by atomic mass is 10.1. The van der Waals surface area contributed by atoms with Crippen molar-refractivity contribution < 1.29 is 8.42 Å². The topological polar surface area (TPSA) is 82.6 Å². The highest BCUT2D eigenvalue weighted by Crippen LogP contribution is 2.04. The van der Waals surface area contributed by atoms with Crippen LogP contribution in [0.1, 0.15) is 33.1 Å². The molecule has 0 aliphatic rings. The number of hydrogen-bond donors (Lipinski definition) is 3. The van der Waals surface area contributed by atoms with Crippen LogP contribution in [-0.4, -0.2) is 47.3 Å². The molecule has 6 nitrogen and oxygen atoms in total. The molecule has 0 unspecified atom stereocenters. The van der Waals surface area contributed by atoms with Crippen molar-refractivity contribution >= 4 is 16.0 Å². The van der Waals surface area contributed by atoms with Crippen LogP contribution in [0.25, 0.3) is 0 Å². The number of nitrogens with zero attached hydrogens (tertiary/aromatic N) is 1. The fourth-order valence-corrected chi connectivity index (χ4v) is 2.00. The van der Waals surface area contributed by atoms with Crippen molar-refractivity contribution in [1.29, 1.82) is 0 Å². The van der Waals surface area contributed by atoms with Crippen LogP contribution in [0.15, 0.2) is 4.99 Å². The van der Waals surface area contributed by atoms with E-state index in [2.05, 4.69) is 34.2 Å². The first-order chi connectivity index (χ1) is 8.85. The maximum atomic E-state index is 10.9. The highest BCUT2D eigenvalue weighted by molar-refractivity contribution is 7.88. The molecule has 3 N–H and O–H groups in total.